The van der Waals surface area contributed by atoms with E-state index in [-0.39, 0.29) is 6.04 Å². The van der Waals surface area contributed by atoms with Gasteiger partial charge in [-0.25, -0.2) is 0 Å². The van der Waals surface area contributed by atoms with Crippen molar-refractivity contribution in [2.75, 3.05) is 0 Å². The molecule has 0 aromatic carbocycles. The third kappa shape index (κ3) is 1.54. The summed E-state index contributed by atoms with van der Waals surface area (Å²) in [6, 6.07) is -0.00463. The highest BCUT2D eigenvalue weighted by Gasteiger charge is 2.12. The Hall–Kier alpha value is -0.540. The summed E-state index contributed by atoms with van der Waals surface area (Å²) >= 11 is 5.86. The molecule has 0 bridgehead atoms. The molecule has 0 aliphatic heterocycles. The first-order chi connectivity index (χ1) is 5.16. The minimum Gasteiger partial charge on any atom is -0.323 e. The van der Waals surface area contributed by atoms with Gasteiger partial charge in [0.2, 0.25) is 0 Å². The van der Waals surface area contributed by atoms with Crippen molar-refractivity contribution in [1.82, 2.24) is 9.78 Å². The summed E-state index contributed by atoms with van der Waals surface area (Å²) in [6.45, 7) is 2.02. The number of halogens is 1. The van der Waals surface area contributed by atoms with Crippen molar-refractivity contribution < 1.29 is 0 Å². The van der Waals surface area contributed by atoms with Crippen LogP contribution in [0.1, 0.15) is 25.1 Å². The minimum absolute atomic E-state index is 0.00463. The van der Waals surface area contributed by atoms with Crippen molar-refractivity contribution in [2.24, 2.45) is 12.8 Å². The van der Waals surface area contributed by atoms with E-state index in [0.717, 1.165) is 12.1 Å². The zero-order valence-electron chi connectivity index (χ0n) is 6.71. The molecule has 2 N–H and O–H groups in total. The summed E-state index contributed by atoms with van der Waals surface area (Å²) in [5.74, 6) is 0. The Morgan fingerprint density at radius 3 is 2.82 bits per heavy atom. The number of aromatic nitrogens is 2. The molecular formula is C7H12ClN3. The monoisotopic (exact) mass is 173 g/mol. The van der Waals surface area contributed by atoms with Gasteiger partial charge >= 0.3 is 0 Å². The zero-order valence-corrected chi connectivity index (χ0v) is 7.47. The van der Waals surface area contributed by atoms with Gasteiger partial charge in [0.05, 0.1) is 16.9 Å². The summed E-state index contributed by atoms with van der Waals surface area (Å²) < 4.78 is 1.72. The van der Waals surface area contributed by atoms with Crippen LogP contribution >= 0.6 is 11.6 Å². The number of rotatable bonds is 2. The highest BCUT2D eigenvalue weighted by molar-refractivity contribution is 6.31. The lowest BCUT2D eigenvalue weighted by Crippen LogP contribution is -2.13. The standard InChI is InChI=1S/C7H12ClN3/c1-3-6(9)7-5(8)4-10-11(7)2/h4,6H,3,9H2,1-2H3. The number of hydrogen-bond acceptors (Lipinski definition) is 2. The second-order valence-corrected chi connectivity index (χ2v) is 2.92. The van der Waals surface area contributed by atoms with E-state index in [9.17, 15) is 0 Å². The van der Waals surface area contributed by atoms with Gasteiger partial charge in [-0.15, -0.1) is 0 Å². The lowest BCUT2D eigenvalue weighted by Gasteiger charge is -2.09. The molecule has 0 fully saturated rings. The lowest BCUT2D eigenvalue weighted by molar-refractivity contribution is 0.606. The van der Waals surface area contributed by atoms with E-state index in [1.54, 1.807) is 10.9 Å². The largest absolute Gasteiger partial charge is 0.323 e. The number of hydrogen-bond donors (Lipinski definition) is 1. The molecule has 1 unspecified atom stereocenters. The molecule has 0 saturated heterocycles. The predicted molar refractivity (Wildman–Crippen MR) is 45.4 cm³/mol. The van der Waals surface area contributed by atoms with Crippen molar-refractivity contribution >= 4 is 11.6 Å². The molecule has 1 rings (SSSR count). The van der Waals surface area contributed by atoms with Crippen molar-refractivity contribution in [3.63, 3.8) is 0 Å². The molecule has 0 amide bonds. The van der Waals surface area contributed by atoms with Crippen LogP contribution in [0.3, 0.4) is 0 Å². The van der Waals surface area contributed by atoms with E-state index in [1.807, 2.05) is 14.0 Å². The predicted octanol–water partition coefficient (Wildman–Crippen LogP) is 1.48. The Balaban J connectivity index is 3.00. The first-order valence-electron chi connectivity index (χ1n) is 3.59. The number of nitrogens with zero attached hydrogens (tertiary/aromatic N) is 2. The van der Waals surface area contributed by atoms with Crippen LogP contribution in [0.25, 0.3) is 0 Å². The van der Waals surface area contributed by atoms with Gasteiger partial charge in [0.1, 0.15) is 0 Å². The molecule has 1 aromatic heterocycles. The van der Waals surface area contributed by atoms with E-state index in [1.165, 1.54) is 0 Å². The van der Waals surface area contributed by atoms with E-state index in [4.69, 9.17) is 17.3 Å². The molecular weight excluding hydrogens is 162 g/mol. The van der Waals surface area contributed by atoms with Gasteiger partial charge in [-0.05, 0) is 6.42 Å². The summed E-state index contributed by atoms with van der Waals surface area (Å²) in [5.41, 5.74) is 6.71. The number of nitrogens with two attached hydrogens (primary N) is 1. The molecule has 0 saturated carbocycles. The number of aryl methyl sites for hydroxylation is 1. The van der Waals surface area contributed by atoms with Crippen molar-refractivity contribution in [3.8, 4) is 0 Å². The van der Waals surface area contributed by atoms with Gasteiger partial charge < -0.3 is 5.73 Å². The fourth-order valence-electron chi connectivity index (χ4n) is 1.03. The van der Waals surface area contributed by atoms with Gasteiger partial charge in [-0.1, -0.05) is 18.5 Å². The lowest BCUT2D eigenvalue weighted by atomic mass is 10.2. The smallest absolute Gasteiger partial charge is 0.0833 e. The van der Waals surface area contributed by atoms with Crippen LogP contribution in [-0.4, -0.2) is 9.78 Å². The normalized spacial score (nSPS) is 13.5. The van der Waals surface area contributed by atoms with Gasteiger partial charge in [-0.2, -0.15) is 5.10 Å². The zero-order chi connectivity index (χ0) is 8.43. The molecule has 0 radical (unpaired) electrons. The highest BCUT2D eigenvalue weighted by atomic mass is 35.5. The molecule has 1 heterocycles. The molecule has 3 nitrogen and oxygen atoms in total. The molecule has 11 heavy (non-hydrogen) atoms. The Morgan fingerprint density at radius 2 is 2.45 bits per heavy atom. The third-order valence-corrected chi connectivity index (χ3v) is 2.02. The SMILES string of the molecule is CCC(N)c1c(Cl)cnn1C. The summed E-state index contributed by atoms with van der Waals surface area (Å²) in [4.78, 5) is 0. The van der Waals surface area contributed by atoms with Crippen LogP contribution in [0.4, 0.5) is 0 Å². The Kier molecular flexibility index (Phi) is 2.52. The topological polar surface area (TPSA) is 43.8 Å². The Morgan fingerprint density at radius 1 is 1.82 bits per heavy atom. The van der Waals surface area contributed by atoms with Crippen LogP contribution < -0.4 is 5.73 Å². The van der Waals surface area contributed by atoms with Crippen LogP contribution in [0.15, 0.2) is 6.20 Å². The maximum Gasteiger partial charge on any atom is 0.0833 e. The molecule has 0 spiro atoms. The second-order valence-electron chi connectivity index (χ2n) is 2.52. The van der Waals surface area contributed by atoms with Crippen LogP contribution in [0.5, 0.6) is 0 Å². The molecule has 1 aromatic rings. The van der Waals surface area contributed by atoms with E-state index in [2.05, 4.69) is 5.10 Å². The molecule has 0 aliphatic rings. The molecule has 1 atom stereocenters. The van der Waals surface area contributed by atoms with Crippen molar-refractivity contribution in [2.45, 2.75) is 19.4 Å². The Bertz CT molecular complexity index is 224. The van der Waals surface area contributed by atoms with E-state index in [0.29, 0.717) is 5.02 Å². The highest BCUT2D eigenvalue weighted by Crippen LogP contribution is 2.21. The maximum atomic E-state index is 5.86. The minimum atomic E-state index is -0.00463. The van der Waals surface area contributed by atoms with Gasteiger partial charge in [0.15, 0.2) is 0 Å². The first-order valence-corrected chi connectivity index (χ1v) is 3.97. The average molecular weight is 174 g/mol. The fourth-order valence-corrected chi connectivity index (χ4v) is 1.34. The molecule has 4 heteroatoms. The first kappa shape index (κ1) is 8.56. The maximum absolute atomic E-state index is 5.86. The molecule has 0 aliphatic carbocycles. The van der Waals surface area contributed by atoms with Gasteiger partial charge in [0.25, 0.3) is 0 Å². The van der Waals surface area contributed by atoms with Crippen LogP contribution in [0, 0.1) is 0 Å². The Labute approximate surface area is 71.1 Å². The van der Waals surface area contributed by atoms with Gasteiger partial charge in [-0.3, -0.25) is 4.68 Å². The average Bonchev–Trinajstić information content (AvgIpc) is 2.30. The molecule has 62 valence electrons. The van der Waals surface area contributed by atoms with Crippen molar-refractivity contribution in [1.29, 1.82) is 0 Å². The van der Waals surface area contributed by atoms with Crippen LogP contribution in [0.2, 0.25) is 5.02 Å². The summed E-state index contributed by atoms with van der Waals surface area (Å²) in [7, 11) is 1.84. The van der Waals surface area contributed by atoms with Crippen LogP contribution in [-0.2, 0) is 7.05 Å². The van der Waals surface area contributed by atoms with Crippen molar-refractivity contribution in [3.05, 3.63) is 16.9 Å². The second kappa shape index (κ2) is 3.24. The van der Waals surface area contributed by atoms with Gasteiger partial charge in [0, 0.05) is 13.1 Å². The summed E-state index contributed by atoms with van der Waals surface area (Å²) in [5, 5.41) is 4.64. The van der Waals surface area contributed by atoms with E-state index < -0.39 is 0 Å². The third-order valence-electron chi connectivity index (χ3n) is 1.73. The quantitative estimate of drug-likeness (QED) is 0.737. The summed E-state index contributed by atoms with van der Waals surface area (Å²) in [6.07, 6.45) is 2.49. The fraction of sp³-hybridized carbons (Fsp3) is 0.571. The van der Waals surface area contributed by atoms with E-state index >= 15 is 0 Å².